The maximum absolute atomic E-state index is 13.1. The number of aromatic nitrogens is 1. The van der Waals surface area contributed by atoms with Crippen LogP contribution in [-0.4, -0.2) is 28.1 Å². The van der Waals surface area contributed by atoms with Crippen molar-refractivity contribution in [2.75, 3.05) is 4.90 Å². The van der Waals surface area contributed by atoms with Crippen LogP contribution in [0.4, 0.5) is 5.69 Å². The molecule has 5 nitrogen and oxygen atoms in total. The summed E-state index contributed by atoms with van der Waals surface area (Å²) in [6, 6.07) is 20.6. The minimum absolute atomic E-state index is 0.00322. The van der Waals surface area contributed by atoms with E-state index in [1.807, 2.05) is 24.3 Å². The van der Waals surface area contributed by atoms with Gasteiger partial charge in [0.1, 0.15) is 5.50 Å². The van der Waals surface area contributed by atoms with E-state index >= 15 is 0 Å². The van der Waals surface area contributed by atoms with Crippen LogP contribution < -0.4 is 15.8 Å². The van der Waals surface area contributed by atoms with Gasteiger partial charge in [0, 0.05) is 35.2 Å². The molecular weight excluding hydrogens is 434 g/mol. The monoisotopic (exact) mass is 459 g/mol. The van der Waals surface area contributed by atoms with Gasteiger partial charge in [0.15, 0.2) is 0 Å². The molecule has 1 N–H and O–H groups in total. The van der Waals surface area contributed by atoms with Gasteiger partial charge in [0.2, 0.25) is 0 Å². The summed E-state index contributed by atoms with van der Waals surface area (Å²) in [6.45, 7) is 0. The lowest BCUT2D eigenvalue weighted by Gasteiger charge is -2.45. The first-order chi connectivity index (χ1) is 16.1. The fraction of sp³-hybridized carbons (Fsp3) is 0.259. The molecule has 1 saturated carbocycles. The van der Waals surface area contributed by atoms with E-state index in [9.17, 15) is 9.59 Å². The Kier molecular flexibility index (Phi) is 6.05. The number of amides is 1. The Bertz CT molecular complexity index is 1230. The molecule has 3 aromatic rings. The lowest BCUT2D eigenvalue weighted by Crippen LogP contribution is -2.55. The van der Waals surface area contributed by atoms with Gasteiger partial charge < -0.3 is 10.2 Å². The predicted octanol–water partition coefficient (Wildman–Crippen LogP) is 4.98. The first kappa shape index (κ1) is 21.5. The third-order valence-electron chi connectivity index (χ3n) is 6.55. The highest BCUT2D eigenvalue weighted by Crippen LogP contribution is 2.36. The average molecular weight is 460 g/mol. The van der Waals surface area contributed by atoms with Crippen LogP contribution in [0.15, 0.2) is 83.8 Å². The van der Waals surface area contributed by atoms with Crippen molar-refractivity contribution < 1.29 is 4.79 Å². The number of anilines is 1. The summed E-state index contributed by atoms with van der Waals surface area (Å²) >= 11 is 6.75. The molecule has 1 amide bonds. The number of para-hydroxylation sites is 1. The Morgan fingerprint density at radius 1 is 0.939 bits per heavy atom. The molecule has 33 heavy (non-hydrogen) atoms. The predicted molar refractivity (Wildman–Crippen MR) is 133 cm³/mol. The fourth-order valence-electron chi connectivity index (χ4n) is 4.91. The molecule has 5 rings (SSSR count). The van der Waals surface area contributed by atoms with E-state index < -0.39 is 0 Å². The summed E-state index contributed by atoms with van der Waals surface area (Å²) in [5, 5.41) is 3.27. The smallest absolute Gasteiger partial charge is 0.255 e. The molecule has 0 bridgehead atoms. The number of carbonyl (C=O) groups is 1. The van der Waals surface area contributed by atoms with Crippen LogP contribution >= 0.6 is 11.6 Å². The second-order valence-electron chi connectivity index (χ2n) is 8.59. The van der Waals surface area contributed by atoms with Gasteiger partial charge in [0.05, 0.1) is 6.04 Å². The molecule has 2 aliphatic rings. The van der Waals surface area contributed by atoms with E-state index in [4.69, 9.17) is 11.6 Å². The Morgan fingerprint density at radius 3 is 2.52 bits per heavy atom. The Morgan fingerprint density at radius 2 is 1.70 bits per heavy atom. The van der Waals surface area contributed by atoms with Crippen LogP contribution in [0.2, 0.25) is 0 Å². The number of carbonyl (C=O) groups excluding carboxylic acids is 1. The van der Waals surface area contributed by atoms with Crippen LogP contribution in [0.3, 0.4) is 0 Å². The molecule has 2 heterocycles. The summed E-state index contributed by atoms with van der Waals surface area (Å²) in [7, 11) is 0. The Labute approximate surface area is 198 Å². The van der Waals surface area contributed by atoms with Crippen LogP contribution in [0.1, 0.15) is 41.6 Å². The van der Waals surface area contributed by atoms with Gasteiger partial charge in [-0.1, -0.05) is 54.8 Å². The molecule has 1 aliphatic carbocycles. The number of alkyl halides is 1. The summed E-state index contributed by atoms with van der Waals surface area (Å²) in [5.74, 6) is -0.106. The Hall–Kier alpha value is -3.31. The van der Waals surface area contributed by atoms with Gasteiger partial charge in [-0.3, -0.25) is 14.2 Å². The third kappa shape index (κ3) is 4.33. The number of rotatable bonds is 4. The maximum atomic E-state index is 13.1. The van der Waals surface area contributed by atoms with Gasteiger partial charge in [-0.2, -0.15) is 0 Å². The number of hydrogen-bond acceptors (Lipinski definition) is 3. The molecule has 6 heteroatoms. The van der Waals surface area contributed by atoms with Crippen molar-refractivity contribution in [3.63, 3.8) is 0 Å². The number of hydrogen-bond donors (Lipinski definition) is 1. The summed E-state index contributed by atoms with van der Waals surface area (Å²) in [5.41, 5.74) is 3.22. The van der Waals surface area contributed by atoms with Crippen molar-refractivity contribution in [1.29, 1.82) is 0 Å². The van der Waals surface area contributed by atoms with Crippen molar-refractivity contribution in [1.82, 2.24) is 9.88 Å². The van der Waals surface area contributed by atoms with E-state index in [1.54, 1.807) is 41.1 Å². The van der Waals surface area contributed by atoms with Gasteiger partial charge in [-0.15, -0.1) is 0 Å². The van der Waals surface area contributed by atoms with Crippen LogP contribution in [-0.2, 0) is 0 Å². The number of nitrogens with one attached hydrogen (secondary N) is 1. The molecule has 3 atom stereocenters. The second kappa shape index (κ2) is 9.28. The molecule has 1 aliphatic heterocycles. The minimum atomic E-state index is -0.245. The second-order valence-corrected chi connectivity index (χ2v) is 9.03. The Balaban J connectivity index is 1.36. The standard InChI is InChI=1S/C27H26ClN3O2/c28-25-17-14-19-7-1-3-9-23(19)31(25)24-10-4-2-8-22(24)29-27(33)20-12-15-21(16-13-20)30-18-6-5-11-26(30)32/h1,3,5-7,9,11-18,22,24-25H,2,4,8,10H2,(H,29,33). The number of nitrogens with zero attached hydrogens (tertiary/aromatic N) is 2. The molecule has 1 aromatic heterocycles. The van der Waals surface area contributed by atoms with Gasteiger partial charge in [-0.25, -0.2) is 0 Å². The van der Waals surface area contributed by atoms with Crippen LogP contribution in [0, 0.1) is 0 Å². The van der Waals surface area contributed by atoms with Crippen molar-refractivity contribution in [3.05, 3.63) is 100 Å². The number of halogens is 1. The van der Waals surface area contributed by atoms with E-state index in [1.165, 1.54) is 6.07 Å². The zero-order chi connectivity index (χ0) is 22.8. The van der Waals surface area contributed by atoms with E-state index in [2.05, 4.69) is 28.4 Å². The molecule has 0 radical (unpaired) electrons. The number of benzene rings is 2. The van der Waals surface area contributed by atoms with E-state index in [-0.39, 0.29) is 29.1 Å². The SMILES string of the molecule is O=C(NC1CCCCC1N1c2ccccc2C=CC1Cl)c1ccc(-n2ccccc2=O)cc1. The largest absolute Gasteiger partial charge is 0.347 e. The van der Waals surface area contributed by atoms with Crippen molar-refractivity contribution in [2.24, 2.45) is 0 Å². The molecule has 2 aromatic carbocycles. The molecular formula is C27H26ClN3O2. The average Bonchev–Trinajstić information content (AvgIpc) is 2.85. The number of pyridine rings is 1. The minimum Gasteiger partial charge on any atom is -0.347 e. The van der Waals surface area contributed by atoms with Crippen LogP contribution in [0.5, 0.6) is 0 Å². The van der Waals surface area contributed by atoms with Gasteiger partial charge in [-0.05, 0) is 60.9 Å². The summed E-state index contributed by atoms with van der Waals surface area (Å²) in [6.07, 6.45) is 9.89. The zero-order valence-corrected chi connectivity index (χ0v) is 19.0. The zero-order valence-electron chi connectivity index (χ0n) is 18.2. The van der Waals surface area contributed by atoms with Crippen LogP contribution in [0.25, 0.3) is 11.8 Å². The van der Waals surface area contributed by atoms with Crippen molar-refractivity contribution in [2.45, 2.75) is 43.3 Å². The topological polar surface area (TPSA) is 54.3 Å². The molecule has 0 spiro atoms. The highest BCUT2D eigenvalue weighted by Gasteiger charge is 2.35. The fourth-order valence-corrected chi connectivity index (χ4v) is 5.23. The maximum Gasteiger partial charge on any atom is 0.255 e. The third-order valence-corrected chi connectivity index (χ3v) is 6.90. The molecule has 168 valence electrons. The molecule has 3 unspecified atom stereocenters. The van der Waals surface area contributed by atoms with Gasteiger partial charge in [0.25, 0.3) is 11.5 Å². The first-order valence-corrected chi connectivity index (χ1v) is 11.8. The van der Waals surface area contributed by atoms with Crippen molar-refractivity contribution >= 4 is 29.3 Å². The highest BCUT2D eigenvalue weighted by atomic mass is 35.5. The summed E-state index contributed by atoms with van der Waals surface area (Å²) < 4.78 is 1.56. The molecule has 1 fully saturated rings. The quantitative estimate of drug-likeness (QED) is 0.442. The lowest BCUT2D eigenvalue weighted by molar-refractivity contribution is 0.0920. The van der Waals surface area contributed by atoms with E-state index in [0.29, 0.717) is 5.56 Å². The normalized spacial score (nSPS) is 22.0. The van der Waals surface area contributed by atoms with E-state index in [0.717, 1.165) is 42.6 Å². The molecule has 0 saturated heterocycles. The first-order valence-electron chi connectivity index (χ1n) is 11.4. The highest BCUT2D eigenvalue weighted by molar-refractivity contribution is 6.24. The van der Waals surface area contributed by atoms with Crippen molar-refractivity contribution in [3.8, 4) is 5.69 Å². The lowest BCUT2D eigenvalue weighted by atomic mass is 9.87. The summed E-state index contributed by atoms with van der Waals surface area (Å²) in [4.78, 5) is 27.5. The van der Waals surface area contributed by atoms with Gasteiger partial charge >= 0.3 is 0 Å². The number of fused-ring (bicyclic) bond motifs is 1.